The number of hydrogen-bond acceptors (Lipinski definition) is 4. The molecule has 0 saturated carbocycles. The van der Waals surface area contributed by atoms with Gasteiger partial charge in [0.05, 0.1) is 22.3 Å². The third-order valence-electron chi connectivity index (χ3n) is 2.19. The molecule has 0 saturated heterocycles. The SMILES string of the molecule is CC(O)(CO)CNS(=O)(=O)c1cccc(Cl)c1Cl. The van der Waals surface area contributed by atoms with Crippen LogP contribution in [0.5, 0.6) is 0 Å². The highest BCUT2D eigenvalue weighted by Crippen LogP contribution is 2.28. The molecule has 102 valence electrons. The molecule has 3 N–H and O–H groups in total. The molecule has 1 unspecified atom stereocenters. The molecule has 0 aliphatic carbocycles. The van der Waals surface area contributed by atoms with E-state index in [0.717, 1.165) is 0 Å². The van der Waals surface area contributed by atoms with Gasteiger partial charge in [-0.2, -0.15) is 0 Å². The molecule has 1 aromatic rings. The van der Waals surface area contributed by atoms with Gasteiger partial charge in [-0.05, 0) is 19.1 Å². The number of sulfonamides is 1. The van der Waals surface area contributed by atoms with E-state index in [9.17, 15) is 13.5 Å². The van der Waals surface area contributed by atoms with E-state index in [2.05, 4.69) is 4.72 Å². The summed E-state index contributed by atoms with van der Waals surface area (Å²) in [6, 6.07) is 4.21. The lowest BCUT2D eigenvalue weighted by Gasteiger charge is -2.20. The van der Waals surface area contributed by atoms with Gasteiger partial charge in [0, 0.05) is 6.54 Å². The number of rotatable bonds is 5. The molecule has 0 amide bonds. The summed E-state index contributed by atoms with van der Waals surface area (Å²) in [5.74, 6) is 0. The second kappa shape index (κ2) is 5.73. The molecule has 0 aliphatic heterocycles. The van der Waals surface area contributed by atoms with E-state index in [1.807, 2.05) is 0 Å². The quantitative estimate of drug-likeness (QED) is 0.757. The zero-order valence-electron chi connectivity index (χ0n) is 9.52. The smallest absolute Gasteiger partial charge is 0.242 e. The predicted octanol–water partition coefficient (Wildman–Crippen LogP) is 1.02. The number of halogens is 2. The first-order chi connectivity index (χ1) is 8.19. The van der Waals surface area contributed by atoms with Crippen LogP contribution in [0.3, 0.4) is 0 Å². The predicted molar refractivity (Wildman–Crippen MR) is 69.4 cm³/mol. The van der Waals surface area contributed by atoms with Crippen molar-refractivity contribution in [3.05, 3.63) is 28.2 Å². The van der Waals surface area contributed by atoms with Crippen molar-refractivity contribution in [1.29, 1.82) is 0 Å². The highest BCUT2D eigenvalue weighted by molar-refractivity contribution is 7.89. The molecule has 0 aliphatic rings. The average molecular weight is 314 g/mol. The third-order valence-corrected chi connectivity index (χ3v) is 4.56. The van der Waals surface area contributed by atoms with Crippen LogP contribution in [0.15, 0.2) is 23.1 Å². The molecular weight excluding hydrogens is 301 g/mol. The van der Waals surface area contributed by atoms with Gasteiger partial charge in [-0.25, -0.2) is 13.1 Å². The molecular formula is C10H13Cl2NO4S. The van der Waals surface area contributed by atoms with E-state index in [0.29, 0.717) is 0 Å². The zero-order chi connectivity index (χ0) is 14.0. The Balaban J connectivity index is 2.98. The summed E-state index contributed by atoms with van der Waals surface area (Å²) in [5, 5.41) is 18.4. The Kier molecular flexibility index (Phi) is 4.99. The van der Waals surface area contributed by atoms with Gasteiger partial charge < -0.3 is 10.2 Å². The maximum Gasteiger partial charge on any atom is 0.242 e. The second-order valence-electron chi connectivity index (χ2n) is 4.03. The number of aliphatic hydroxyl groups is 2. The Morgan fingerprint density at radius 2 is 2.00 bits per heavy atom. The maximum absolute atomic E-state index is 11.9. The van der Waals surface area contributed by atoms with Crippen molar-refractivity contribution < 1.29 is 18.6 Å². The average Bonchev–Trinajstić information content (AvgIpc) is 2.30. The maximum atomic E-state index is 11.9. The van der Waals surface area contributed by atoms with Crippen molar-refractivity contribution in [2.45, 2.75) is 17.4 Å². The zero-order valence-corrected chi connectivity index (χ0v) is 11.8. The van der Waals surface area contributed by atoms with Crippen LogP contribution in [0.2, 0.25) is 10.0 Å². The molecule has 8 heteroatoms. The fourth-order valence-corrected chi connectivity index (χ4v) is 3.00. The Morgan fingerprint density at radius 1 is 1.39 bits per heavy atom. The van der Waals surface area contributed by atoms with E-state index in [-0.39, 0.29) is 21.5 Å². The lowest BCUT2D eigenvalue weighted by atomic mass is 10.1. The Morgan fingerprint density at radius 3 is 2.56 bits per heavy atom. The van der Waals surface area contributed by atoms with E-state index >= 15 is 0 Å². The van der Waals surface area contributed by atoms with Crippen molar-refractivity contribution in [1.82, 2.24) is 4.72 Å². The van der Waals surface area contributed by atoms with Crippen LogP contribution >= 0.6 is 23.2 Å². The normalized spacial score (nSPS) is 15.4. The molecule has 0 fully saturated rings. The monoisotopic (exact) mass is 313 g/mol. The third kappa shape index (κ3) is 3.81. The summed E-state index contributed by atoms with van der Waals surface area (Å²) < 4.78 is 26.0. The minimum absolute atomic E-state index is 0.0877. The Hall–Kier alpha value is -0.370. The summed E-state index contributed by atoms with van der Waals surface area (Å²) in [7, 11) is -3.89. The molecule has 0 spiro atoms. The van der Waals surface area contributed by atoms with Crippen molar-refractivity contribution in [2.75, 3.05) is 13.2 Å². The topological polar surface area (TPSA) is 86.6 Å². The first-order valence-electron chi connectivity index (χ1n) is 4.96. The number of hydrogen-bond donors (Lipinski definition) is 3. The van der Waals surface area contributed by atoms with Crippen molar-refractivity contribution in [3.63, 3.8) is 0 Å². The van der Waals surface area contributed by atoms with Crippen LogP contribution in [0.4, 0.5) is 0 Å². The molecule has 0 bridgehead atoms. The lowest BCUT2D eigenvalue weighted by Crippen LogP contribution is -2.43. The summed E-state index contributed by atoms with van der Waals surface area (Å²) in [4.78, 5) is -0.176. The minimum atomic E-state index is -3.89. The summed E-state index contributed by atoms with van der Waals surface area (Å²) in [5.41, 5.74) is -1.54. The van der Waals surface area contributed by atoms with E-state index in [4.69, 9.17) is 28.3 Å². The highest BCUT2D eigenvalue weighted by Gasteiger charge is 2.25. The summed E-state index contributed by atoms with van der Waals surface area (Å²) in [6.07, 6.45) is 0. The number of nitrogens with one attached hydrogen (secondary N) is 1. The molecule has 5 nitrogen and oxygen atoms in total. The van der Waals surface area contributed by atoms with Crippen LogP contribution in [-0.4, -0.2) is 37.4 Å². The van der Waals surface area contributed by atoms with Gasteiger partial charge in [-0.3, -0.25) is 0 Å². The summed E-state index contributed by atoms with van der Waals surface area (Å²) in [6.45, 7) is 0.391. The van der Waals surface area contributed by atoms with E-state index in [1.54, 1.807) is 0 Å². The van der Waals surface area contributed by atoms with Crippen molar-refractivity contribution >= 4 is 33.2 Å². The second-order valence-corrected chi connectivity index (χ2v) is 6.55. The first kappa shape index (κ1) is 15.7. The first-order valence-corrected chi connectivity index (χ1v) is 7.20. The fourth-order valence-electron chi connectivity index (χ4n) is 1.08. The van der Waals surface area contributed by atoms with Crippen LogP contribution in [0.1, 0.15) is 6.92 Å². The van der Waals surface area contributed by atoms with E-state index in [1.165, 1.54) is 25.1 Å². The minimum Gasteiger partial charge on any atom is -0.393 e. The highest BCUT2D eigenvalue weighted by atomic mass is 35.5. The van der Waals surface area contributed by atoms with Gasteiger partial charge in [0.2, 0.25) is 10.0 Å². The Bertz CT molecular complexity index is 531. The molecule has 0 heterocycles. The van der Waals surface area contributed by atoms with Gasteiger partial charge in [-0.15, -0.1) is 0 Å². The van der Waals surface area contributed by atoms with Crippen LogP contribution in [0.25, 0.3) is 0 Å². The van der Waals surface area contributed by atoms with Gasteiger partial charge >= 0.3 is 0 Å². The van der Waals surface area contributed by atoms with Crippen LogP contribution in [0, 0.1) is 0 Å². The molecule has 0 radical (unpaired) electrons. The van der Waals surface area contributed by atoms with Crippen LogP contribution < -0.4 is 4.72 Å². The van der Waals surface area contributed by atoms with Gasteiger partial charge in [-0.1, -0.05) is 29.3 Å². The number of aliphatic hydroxyl groups excluding tert-OH is 1. The standard InChI is InChI=1S/C10H13Cl2NO4S/c1-10(15,6-14)5-13-18(16,17)8-4-2-3-7(11)9(8)12/h2-4,13-15H,5-6H2,1H3. The van der Waals surface area contributed by atoms with Crippen molar-refractivity contribution in [2.24, 2.45) is 0 Å². The molecule has 18 heavy (non-hydrogen) atoms. The van der Waals surface area contributed by atoms with Gasteiger partial charge in [0.25, 0.3) is 0 Å². The van der Waals surface area contributed by atoms with E-state index < -0.39 is 22.2 Å². The largest absolute Gasteiger partial charge is 0.393 e. The van der Waals surface area contributed by atoms with Gasteiger partial charge in [0.15, 0.2) is 0 Å². The Labute approximate surface area is 115 Å². The molecule has 1 aromatic carbocycles. The lowest BCUT2D eigenvalue weighted by molar-refractivity contribution is 0.00681. The molecule has 0 aromatic heterocycles. The van der Waals surface area contributed by atoms with Crippen LogP contribution in [-0.2, 0) is 10.0 Å². The van der Waals surface area contributed by atoms with Crippen molar-refractivity contribution in [3.8, 4) is 0 Å². The summed E-state index contributed by atoms with van der Waals surface area (Å²) >= 11 is 11.5. The van der Waals surface area contributed by atoms with Gasteiger partial charge in [0.1, 0.15) is 4.90 Å². The number of benzene rings is 1. The fraction of sp³-hybridized carbons (Fsp3) is 0.400. The molecule has 1 rings (SSSR count). The molecule has 1 atom stereocenters.